The molecule has 0 fully saturated rings. The number of esters is 1. The Morgan fingerprint density at radius 1 is 1.36 bits per heavy atom. The number of hydrogen-bond donors (Lipinski definition) is 0. The molecule has 0 aliphatic heterocycles. The third-order valence-electron chi connectivity index (χ3n) is 1.05. The van der Waals surface area contributed by atoms with Crippen molar-refractivity contribution in [3.8, 4) is 5.75 Å². The van der Waals surface area contributed by atoms with Crippen molar-refractivity contribution in [2.24, 2.45) is 0 Å². The van der Waals surface area contributed by atoms with Crippen molar-refractivity contribution in [1.82, 2.24) is 0 Å². The summed E-state index contributed by atoms with van der Waals surface area (Å²) in [7, 11) is 0. The van der Waals surface area contributed by atoms with E-state index in [4.69, 9.17) is 4.74 Å². The molecule has 1 rings (SSSR count). The van der Waals surface area contributed by atoms with E-state index in [0.29, 0.717) is 5.75 Å². The Kier molecular flexibility index (Phi) is 3.35. The summed E-state index contributed by atoms with van der Waals surface area (Å²) in [5, 5.41) is 0. The smallest absolute Gasteiger partial charge is 0.325 e. The van der Waals surface area contributed by atoms with Crippen molar-refractivity contribution in [3.63, 3.8) is 0 Å². The molecule has 0 aromatic heterocycles. The van der Waals surface area contributed by atoms with Gasteiger partial charge in [-0.05, 0) is 12.1 Å². The van der Waals surface area contributed by atoms with E-state index >= 15 is 0 Å². The lowest BCUT2D eigenvalue weighted by atomic mass is 10.3. The standard InChI is InChI=1S/C8H6IO2/c9-6-8(10)11-7-4-2-1-3-5-7/h1-6H. The first kappa shape index (κ1) is 8.52. The van der Waals surface area contributed by atoms with Crippen LogP contribution in [0, 0.1) is 4.43 Å². The van der Waals surface area contributed by atoms with E-state index in [1.807, 2.05) is 40.8 Å². The molecule has 0 aliphatic carbocycles. The second-order valence-corrected chi connectivity index (χ2v) is 2.47. The van der Waals surface area contributed by atoms with E-state index in [2.05, 4.69) is 0 Å². The highest BCUT2D eigenvalue weighted by Crippen LogP contribution is 2.09. The Hall–Kier alpha value is -0.580. The van der Waals surface area contributed by atoms with Gasteiger partial charge in [0.25, 0.3) is 0 Å². The number of carbonyl (C=O) groups excluding carboxylic acids is 1. The zero-order valence-electron chi connectivity index (χ0n) is 5.66. The molecule has 0 spiro atoms. The molecule has 2 nitrogen and oxygen atoms in total. The Bertz CT molecular complexity index is 233. The second-order valence-electron chi connectivity index (χ2n) is 1.84. The zero-order valence-corrected chi connectivity index (χ0v) is 7.82. The Morgan fingerprint density at radius 3 is 2.55 bits per heavy atom. The monoisotopic (exact) mass is 261 g/mol. The minimum absolute atomic E-state index is 0.336. The molecule has 11 heavy (non-hydrogen) atoms. The number of carbonyl (C=O) groups is 1. The maximum Gasteiger partial charge on any atom is 0.325 e. The number of para-hydroxylation sites is 1. The van der Waals surface area contributed by atoms with Gasteiger partial charge in [-0.25, -0.2) is 0 Å². The predicted octanol–water partition coefficient (Wildman–Crippen LogP) is 2.19. The van der Waals surface area contributed by atoms with E-state index in [-0.39, 0.29) is 5.97 Å². The molecule has 0 heterocycles. The summed E-state index contributed by atoms with van der Waals surface area (Å²) in [6.07, 6.45) is 0. The Morgan fingerprint density at radius 2 is 2.00 bits per heavy atom. The number of ether oxygens (including phenoxy) is 1. The molecular formula is C8H6IO2. The zero-order chi connectivity index (χ0) is 8.10. The fourth-order valence-electron chi connectivity index (χ4n) is 0.627. The van der Waals surface area contributed by atoms with Gasteiger partial charge in [0.05, 0.1) is 0 Å². The third kappa shape index (κ3) is 2.88. The Balaban J connectivity index is 2.58. The van der Waals surface area contributed by atoms with Gasteiger partial charge >= 0.3 is 5.97 Å². The summed E-state index contributed by atoms with van der Waals surface area (Å²) in [4.78, 5) is 10.7. The van der Waals surface area contributed by atoms with Crippen LogP contribution < -0.4 is 4.74 Å². The minimum Gasteiger partial charge on any atom is -0.426 e. The molecule has 0 aliphatic rings. The molecule has 0 bridgehead atoms. The van der Waals surface area contributed by atoms with Crippen LogP contribution in [0.2, 0.25) is 0 Å². The van der Waals surface area contributed by atoms with Crippen molar-refractivity contribution < 1.29 is 9.53 Å². The molecule has 0 amide bonds. The van der Waals surface area contributed by atoms with E-state index in [9.17, 15) is 4.79 Å². The summed E-state index contributed by atoms with van der Waals surface area (Å²) in [6, 6.07) is 8.97. The van der Waals surface area contributed by atoms with Gasteiger partial charge in [0.2, 0.25) is 0 Å². The van der Waals surface area contributed by atoms with Gasteiger partial charge in [0, 0.05) is 0 Å². The van der Waals surface area contributed by atoms with Crippen LogP contribution >= 0.6 is 22.6 Å². The lowest BCUT2D eigenvalue weighted by Crippen LogP contribution is -2.04. The highest BCUT2D eigenvalue weighted by Gasteiger charge is 2.00. The first-order chi connectivity index (χ1) is 5.33. The first-order valence-corrected chi connectivity index (χ1v) is 4.28. The highest BCUT2D eigenvalue weighted by molar-refractivity contribution is 14.1. The van der Waals surface area contributed by atoms with Gasteiger partial charge < -0.3 is 4.74 Å². The van der Waals surface area contributed by atoms with Crippen molar-refractivity contribution in [1.29, 1.82) is 0 Å². The highest BCUT2D eigenvalue weighted by atomic mass is 127. The van der Waals surface area contributed by atoms with Gasteiger partial charge in [-0.3, -0.25) is 4.79 Å². The maximum absolute atomic E-state index is 10.7. The van der Waals surface area contributed by atoms with Crippen LogP contribution in [0.3, 0.4) is 0 Å². The van der Waals surface area contributed by atoms with Crippen LogP contribution in [0.4, 0.5) is 0 Å². The van der Waals surface area contributed by atoms with Crippen molar-refractivity contribution in [3.05, 3.63) is 34.8 Å². The molecule has 1 radical (unpaired) electrons. The molecule has 1 aromatic rings. The summed E-state index contributed by atoms with van der Waals surface area (Å²) in [5.74, 6) is 0.238. The minimum atomic E-state index is -0.336. The summed E-state index contributed by atoms with van der Waals surface area (Å²) >= 11 is 1.84. The Labute approximate surface area is 78.7 Å². The first-order valence-electron chi connectivity index (χ1n) is 3.03. The van der Waals surface area contributed by atoms with Crippen LogP contribution in [0.5, 0.6) is 5.75 Å². The number of rotatable bonds is 2. The molecule has 0 unspecified atom stereocenters. The van der Waals surface area contributed by atoms with Gasteiger partial charge in [-0.2, -0.15) is 0 Å². The number of hydrogen-bond acceptors (Lipinski definition) is 2. The predicted molar refractivity (Wildman–Crippen MR) is 50.4 cm³/mol. The lowest BCUT2D eigenvalue weighted by molar-refractivity contribution is -0.129. The largest absolute Gasteiger partial charge is 0.426 e. The quantitative estimate of drug-likeness (QED) is 0.463. The molecular weight excluding hydrogens is 255 g/mol. The van der Waals surface area contributed by atoms with Crippen molar-refractivity contribution in [2.45, 2.75) is 0 Å². The topological polar surface area (TPSA) is 26.3 Å². The number of benzene rings is 1. The van der Waals surface area contributed by atoms with Gasteiger partial charge in [0.1, 0.15) is 10.2 Å². The average molecular weight is 261 g/mol. The van der Waals surface area contributed by atoms with Crippen molar-refractivity contribution in [2.75, 3.05) is 0 Å². The molecule has 0 saturated carbocycles. The van der Waals surface area contributed by atoms with E-state index in [1.54, 1.807) is 12.1 Å². The van der Waals surface area contributed by atoms with Crippen LogP contribution in [0.1, 0.15) is 0 Å². The SMILES string of the molecule is O=C([CH]I)Oc1ccccc1. The van der Waals surface area contributed by atoms with Crippen LogP contribution in [0.25, 0.3) is 0 Å². The summed E-state index contributed by atoms with van der Waals surface area (Å²) in [5.41, 5.74) is 0. The van der Waals surface area contributed by atoms with Crippen LogP contribution in [-0.4, -0.2) is 5.97 Å². The number of halogens is 1. The van der Waals surface area contributed by atoms with Gasteiger partial charge in [-0.15, -0.1) is 0 Å². The maximum atomic E-state index is 10.7. The third-order valence-corrected chi connectivity index (χ3v) is 1.56. The van der Waals surface area contributed by atoms with Crippen molar-refractivity contribution >= 4 is 28.6 Å². The average Bonchev–Trinajstić information content (AvgIpc) is 2.06. The van der Waals surface area contributed by atoms with Gasteiger partial charge in [-0.1, -0.05) is 40.8 Å². The molecule has 57 valence electrons. The fourth-order valence-corrected chi connectivity index (χ4v) is 0.754. The van der Waals surface area contributed by atoms with Gasteiger partial charge in [0.15, 0.2) is 0 Å². The van der Waals surface area contributed by atoms with Crippen LogP contribution in [-0.2, 0) is 4.79 Å². The normalized spacial score (nSPS) is 9.18. The van der Waals surface area contributed by atoms with E-state index in [1.165, 1.54) is 4.43 Å². The lowest BCUT2D eigenvalue weighted by Gasteiger charge is -1.99. The fraction of sp³-hybridized carbons (Fsp3) is 0. The molecule has 1 aromatic carbocycles. The molecule has 0 saturated heterocycles. The summed E-state index contributed by atoms with van der Waals surface area (Å²) < 4.78 is 6.21. The molecule has 3 heteroatoms. The second kappa shape index (κ2) is 4.33. The van der Waals surface area contributed by atoms with E-state index in [0.717, 1.165) is 0 Å². The molecule has 0 atom stereocenters. The van der Waals surface area contributed by atoms with E-state index < -0.39 is 0 Å². The van der Waals surface area contributed by atoms with Crippen LogP contribution in [0.15, 0.2) is 30.3 Å². The summed E-state index contributed by atoms with van der Waals surface area (Å²) in [6.45, 7) is 0. The molecule has 0 N–H and O–H groups in total.